The monoisotopic (exact) mass is 544 g/mol. The second kappa shape index (κ2) is 6.49. The summed E-state index contributed by atoms with van der Waals surface area (Å²) in [5.74, 6) is -8.35. The summed E-state index contributed by atoms with van der Waals surface area (Å²) in [6, 6.07) is 0. The Morgan fingerprint density at radius 2 is 1.79 bits per heavy atom. The van der Waals surface area contributed by atoms with Crippen molar-refractivity contribution in [3.63, 3.8) is 0 Å². The van der Waals surface area contributed by atoms with Crippen LogP contribution in [0.4, 0.5) is 0 Å². The van der Waals surface area contributed by atoms with Crippen LogP contribution in [0.25, 0.3) is 0 Å². The number of hydrogen-bond donors (Lipinski definition) is 3. The molecule has 13 atom stereocenters. The molecule has 39 heavy (non-hydrogen) atoms. The first kappa shape index (κ1) is 24.6. The summed E-state index contributed by atoms with van der Waals surface area (Å²) in [5.41, 5.74) is -10.4. The van der Waals surface area contributed by atoms with Gasteiger partial charge in [0, 0.05) is 5.92 Å². The van der Waals surface area contributed by atoms with E-state index in [0.29, 0.717) is 0 Å². The van der Waals surface area contributed by atoms with Crippen LogP contribution in [-0.4, -0.2) is 85.8 Å². The minimum atomic E-state index is -2.32. The Hall–Kier alpha value is -2.18. The van der Waals surface area contributed by atoms with E-state index >= 15 is 0 Å². The highest BCUT2D eigenvalue weighted by Gasteiger charge is 2.93. The molecule has 0 radical (unpaired) electrons. The van der Waals surface area contributed by atoms with E-state index in [9.17, 15) is 34.5 Å². The maximum absolute atomic E-state index is 14.9. The molecule has 5 heterocycles. The highest BCUT2D eigenvalue weighted by atomic mass is 16.8. The third-order valence-corrected chi connectivity index (χ3v) is 12.7. The molecule has 5 bridgehead atoms. The summed E-state index contributed by atoms with van der Waals surface area (Å²) in [4.78, 5) is 55.5. The van der Waals surface area contributed by atoms with Gasteiger partial charge in [-0.05, 0) is 63.4 Å². The quantitative estimate of drug-likeness (QED) is 0.344. The van der Waals surface area contributed by atoms with Crippen LogP contribution in [0.1, 0.15) is 52.9 Å². The van der Waals surface area contributed by atoms with Gasteiger partial charge < -0.3 is 34.3 Å². The summed E-state index contributed by atoms with van der Waals surface area (Å²) in [5, 5.41) is 35.6. The molecule has 11 nitrogen and oxygen atoms in total. The molecule has 5 aliphatic heterocycles. The number of aliphatic hydroxyl groups excluding tert-OH is 1. The second-order valence-corrected chi connectivity index (χ2v) is 13.8. The van der Waals surface area contributed by atoms with Crippen LogP contribution in [0.2, 0.25) is 0 Å². The van der Waals surface area contributed by atoms with Gasteiger partial charge in [-0.3, -0.25) is 14.4 Å². The number of rotatable bonds is 0. The fraction of sp³-hybridized carbons (Fsp3) is 0.786. The molecule has 0 aromatic rings. The number of hydrogen-bond acceptors (Lipinski definition) is 11. The van der Waals surface area contributed by atoms with E-state index in [0.717, 1.165) is 0 Å². The van der Waals surface area contributed by atoms with Crippen molar-refractivity contribution < 1.29 is 53.4 Å². The van der Waals surface area contributed by atoms with Gasteiger partial charge >= 0.3 is 11.9 Å². The van der Waals surface area contributed by atoms with Crippen LogP contribution < -0.4 is 0 Å². The molecule has 3 N–H and O–H groups in total. The smallest absolute Gasteiger partial charge is 0.342 e. The van der Waals surface area contributed by atoms with Gasteiger partial charge in [-0.2, -0.15) is 0 Å². The minimum Gasteiger partial charge on any atom is -0.458 e. The Balaban J connectivity index is 1.43. The van der Waals surface area contributed by atoms with Gasteiger partial charge in [0.05, 0.1) is 30.0 Å². The minimum absolute atomic E-state index is 0.0207. The average molecular weight is 545 g/mol. The number of esters is 2. The lowest BCUT2D eigenvalue weighted by Crippen LogP contribution is -2.79. The summed E-state index contributed by atoms with van der Waals surface area (Å²) in [6.45, 7) is 4.69. The van der Waals surface area contributed by atoms with Crippen LogP contribution in [0, 0.1) is 34.5 Å². The van der Waals surface area contributed by atoms with Gasteiger partial charge in [-0.1, -0.05) is 13.0 Å². The van der Waals surface area contributed by atoms with Crippen molar-refractivity contribution in [2.75, 3.05) is 6.61 Å². The molecule has 5 saturated heterocycles. The number of ether oxygens (including phenoxy) is 4. The van der Waals surface area contributed by atoms with Gasteiger partial charge in [0.1, 0.15) is 11.7 Å². The fourth-order valence-corrected chi connectivity index (χ4v) is 10.6. The maximum atomic E-state index is 14.9. The number of aliphatic hydroxyl groups is 3. The topological polar surface area (TPSA) is 166 Å². The number of allylic oxidation sites excluding steroid dienone is 1. The lowest BCUT2D eigenvalue weighted by Gasteiger charge is -2.64. The Morgan fingerprint density at radius 1 is 1.05 bits per heavy atom. The van der Waals surface area contributed by atoms with Gasteiger partial charge in [0.15, 0.2) is 28.4 Å². The van der Waals surface area contributed by atoms with Crippen molar-refractivity contribution in [1.29, 1.82) is 0 Å². The maximum Gasteiger partial charge on any atom is 0.342 e. The number of carbonyl (C=O) groups excluding carboxylic acids is 4. The third kappa shape index (κ3) is 2.10. The van der Waals surface area contributed by atoms with Crippen molar-refractivity contribution in [2.24, 2.45) is 34.5 Å². The predicted molar refractivity (Wildman–Crippen MR) is 125 cm³/mol. The first-order valence-corrected chi connectivity index (χ1v) is 13.8. The zero-order chi connectivity index (χ0) is 27.8. The van der Waals surface area contributed by atoms with E-state index in [-0.39, 0.29) is 38.7 Å². The summed E-state index contributed by atoms with van der Waals surface area (Å²) in [7, 11) is 0. The van der Waals surface area contributed by atoms with Crippen LogP contribution >= 0.6 is 0 Å². The molecule has 8 rings (SSSR count). The highest BCUT2D eigenvalue weighted by Crippen LogP contribution is 2.75. The summed E-state index contributed by atoms with van der Waals surface area (Å²) < 4.78 is 24.9. The first-order chi connectivity index (χ1) is 18.2. The molecule has 2 saturated carbocycles. The SMILES string of the molecule is C[C@@]12C[C@H]3OC(=O)[C@@H]1CO[C@@]14O[C@]5([C@H]2C1=O)[C@@]3(C)OC(=O)[C@@]5(O)CC[C@@H]1[C@@H]4C[C@H](O)[C@]2(O)CC=CC(=O)[C@@]12C. The fourth-order valence-electron chi connectivity index (χ4n) is 10.6. The van der Waals surface area contributed by atoms with Crippen LogP contribution in [-0.2, 0) is 38.1 Å². The van der Waals surface area contributed by atoms with Gasteiger partial charge in [0.2, 0.25) is 5.79 Å². The standard InChI is InChI=1S/C28H32O11/c1-22-10-17-24(3)28-18(22)19(31)27(39-28,36-11-14(22)20(32)37-17)13-9-16(30)25(34)7-4-5-15(29)23(25,2)12(13)6-8-26(28,35)21(33)38-24/h4-5,12-14,16-18,30,34-35H,6-11H2,1-3H3/t12-,13+,14+,16+,17-,18+,22-,23-,24+,25-,26+,27+,28-/m1/s1. The number of Topliss-reactive ketones (excluding diaryl/α,β-unsaturated/α-hetero) is 1. The lowest BCUT2D eigenvalue weighted by molar-refractivity contribution is -0.382. The Bertz CT molecular complexity index is 1330. The molecule has 0 aromatic carbocycles. The van der Waals surface area contributed by atoms with Crippen molar-refractivity contribution in [1.82, 2.24) is 0 Å². The number of fused-ring (bicyclic) bond motifs is 5. The molecule has 11 heteroatoms. The van der Waals surface area contributed by atoms with Crippen molar-refractivity contribution >= 4 is 23.5 Å². The van der Waals surface area contributed by atoms with Crippen LogP contribution in [0.3, 0.4) is 0 Å². The van der Waals surface area contributed by atoms with E-state index in [2.05, 4.69) is 0 Å². The molecule has 0 aromatic heterocycles. The summed E-state index contributed by atoms with van der Waals surface area (Å²) in [6.07, 6.45) is 0.491. The van der Waals surface area contributed by atoms with Gasteiger partial charge in [0.25, 0.3) is 0 Å². The predicted octanol–water partition coefficient (Wildman–Crippen LogP) is -0.277. The average Bonchev–Trinajstić information content (AvgIpc) is 3.19. The Kier molecular flexibility index (Phi) is 4.09. The van der Waals surface area contributed by atoms with E-state index in [1.165, 1.54) is 12.2 Å². The van der Waals surface area contributed by atoms with E-state index < -0.39 is 98.4 Å². The van der Waals surface area contributed by atoms with Crippen LogP contribution in [0.15, 0.2) is 12.2 Å². The Morgan fingerprint density at radius 3 is 2.54 bits per heavy atom. The number of ketones is 2. The summed E-state index contributed by atoms with van der Waals surface area (Å²) >= 11 is 0. The van der Waals surface area contributed by atoms with Gasteiger partial charge in [-0.25, -0.2) is 4.79 Å². The molecule has 3 aliphatic carbocycles. The van der Waals surface area contributed by atoms with Gasteiger partial charge in [-0.15, -0.1) is 0 Å². The lowest BCUT2D eigenvalue weighted by atomic mass is 9.46. The second-order valence-electron chi connectivity index (χ2n) is 13.8. The zero-order valence-electron chi connectivity index (χ0n) is 22.0. The number of carbonyl (C=O) groups is 4. The molecule has 2 spiro atoms. The zero-order valence-corrected chi connectivity index (χ0v) is 22.0. The third-order valence-electron chi connectivity index (χ3n) is 12.7. The normalized spacial score (nSPS) is 62.0. The molecular formula is C28H32O11. The van der Waals surface area contributed by atoms with Crippen molar-refractivity contribution in [3.8, 4) is 0 Å². The Labute approximate surface area is 223 Å². The van der Waals surface area contributed by atoms with E-state index in [1.807, 2.05) is 0 Å². The highest BCUT2D eigenvalue weighted by molar-refractivity contribution is 6.00. The largest absolute Gasteiger partial charge is 0.458 e. The molecule has 7 fully saturated rings. The van der Waals surface area contributed by atoms with E-state index in [4.69, 9.17) is 18.9 Å². The molecule has 210 valence electrons. The first-order valence-electron chi connectivity index (χ1n) is 13.8. The molecule has 0 amide bonds. The molecule has 8 aliphatic rings. The van der Waals surface area contributed by atoms with Crippen molar-refractivity contribution in [3.05, 3.63) is 12.2 Å². The molecule has 0 unspecified atom stereocenters. The van der Waals surface area contributed by atoms with Crippen LogP contribution in [0.5, 0.6) is 0 Å². The van der Waals surface area contributed by atoms with Crippen molar-refractivity contribution in [2.45, 2.75) is 93.3 Å². The molecular weight excluding hydrogens is 512 g/mol. The van der Waals surface area contributed by atoms with E-state index in [1.54, 1.807) is 20.8 Å².